The maximum absolute atomic E-state index is 9.92. The summed E-state index contributed by atoms with van der Waals surface area (Å²) in [6, 6.07) is 15.7. The zero-order valence-electron chi connectivity index (χ0n) is 17.7. The first kappa shape index (κ1) is 23.2. The van der Waals surface area contributed by atoms with E-state index in [1.54, 1.807) is 0 Å². The number of aliphatic hydroxyl groups is 3. The van der Waals surface area contributed by atoms with Crippen LogP contribution in [0.5, 0.6) is 11.5 Å². The van der Waals surface area contributed by atoms with Gasteiger partial charge in [-0.3, -0.25) is 0 Å². The van der Waals surface area contributed by atoms with Crippen LogP contribution < -0.4 is 9.47 Å². The summed E-state index contributed by atoms with van der Waals surface area (Å²) in [6.07, 6.45) is 1.53. The van der Waals surface area contributed by atoms with Crippen molar-refractivity contribution in [3.8, 4) is 11.5 Å². The molecule has 0 aliphatic heterocycles. The van der Waals surface area contributed by atoms with Crippen LogP contribution in [0, 0.1) is 0 Å². The Morgan fingerprint density at radius 3 is 1.66 bits per heavy atom. The lowest BCUT2D eigenvalue weighted by atomic mass is 9.78. The minimum Gasteiger partial charge on any atom is -0.491 e. The van der Waals surface area contributed by atoms with Crippen LogP contribution in [-0.4, -0.2) is 47.3 Å². The van der Waals surface area contributed by atoms with Crippen molar-refractivity contribution >= 4 is 0 Å². The van der Waals surface area contributed by atoms with Crippen LogP contribution in [0.4, 0.5) is 0 Å². The van der Waals surface area contributed by atoms with Gasteiger partial charge in [0.25, 0.3) is 0 Å². The van der Waals surface area contributed by atoms with Crippen molar-refractivity contribution in [2.75, 3.05) is 19.8 Å². The topological polar surface area (TPSA) is 79.2 Å². The van der Waals surface area contributed by atoms with Crippen molar-refractivity contribution < 1.29 is 24.8 Å². The Morgan fingerprint density at radius 2 is 1.24 bits per heavy atom. The third-order valence-electron chi connectivity index (χ3n) is 5.14. The van der Waals surface area contributed by atoms with Gasteiger partial charge in [-0.25, -0.2) is 0 Å². The molecule has 29 heavy (non-hydrogen) atoms. The summed E-state index contributed by atoms with van der Waals surface area (Å²) in [4.78, 5) is 0. The van der Waals surface area contributed by atoms with Gasteiger partial charge in [0.1, 0.15) is 30.8 Å². The number of rotatable bonds is 12. The summed E-state index contributed by atoms with van der Waals surface area (Å²) in [5.74, 6) is 1.41. The highest BCUT2D eigenvalue weighted by molar-refractivity contribution is 5.41. The number of benzene rings is 2. The van der Waals surface area contributed by atoms with E-state index >= 15 is 0 Å². The van der Waals surface area contributed by atoms with Crippen LogP contribution in [0.15, 0.2) is 48.5 Å². The summed E-state index contributed by atoms with van der Waals surface area (Å²) in [6.45, 7) is 6.48. The molecule has 0 aliphatic rings. The molecule has 0 heterocycles. The highest BCUT2D eigenvalue weighted by atomic mass is 16.5. The molecule has 0 spiro atoms. The Bertz CT molecular complexity index is 709. The van der Waals surface area contributed by atoms with E-state index in [9.17, 15) is 10.2 Å². The predicted molar refractivity (Wildman–Crippen MR) is 115 cm³/mol. The van der Waals surface area contributed by atoms with Gasteiger partial charge in [0.05, 0.1) is 12.7 Å². The molecule has 0 saturated heterocycles. The number of hydrogen-bond acceptors (Lipinski definition) is 5. The molecule has 0 amide bonds. The number of ether oxygens (including phenoxy) is 2. The molecule has 0 bridgehead atoms. The Hall–Kier alpha value is -2.08. The first-order valence-corrected chi connectivity index (χ1v) is 10.3. The molecular weight excluding hydrogens is 368 g/mol. The molecule has 0 fully saturated rings. The van der Waals surface area contributed by atoms with Crippen LogP contribution in [-0.2, 0) is 5.41 Å². The smallest absolute Gasteiger partial charge is 0.119 e. The molecule has 160 valence electrons. The second-order valence-corrected chi connectivity index (χ2v) is 7.93. The minimum absolute atomic E-state index is 0.0633. The fourth-order valence-electron chi connectivity index (χ4n) is 3.06. The standard InChI is InChI=1S/C24H34O5/c1-4-5-6-20(26)16-28-22-11-7-18(8-12-22)24(2,3)19-9-13-23(14-10-19)29-17-21(27)15-25/h7-14,20-21,25-27H,4-6,15-17H2,1-3H3. The van der Waals surface area contributed by atoms with Crippen LogP contribution in [0.2, 0.25) is 0 Å². The molecule has 2 rings (SSSR count). The average Bonchev–Trinajstić information content (AvgIpc) is 2.75. The Kier molecular flexibility index (Phi) is 8.96. The van der Waals surface area contributed by atoms with Crippen LogP contribution in [0.1, 0.15) is 51.2 Å². The SMILES string of the molecule is CCCCC(O)COc1ccc(C(C)(C)c2ccc(OCC(O)CO)cc2)cc1. The quantitative estimate of drug-likeness (QED) is 0.505. The van der Waals surface area contributed by atoms with Crippen molar-refractivity contribution in [1.82, 2.24) is 0 Å². The molecule has 5 nitrogen and oxygen atoms in total. The molecule has 0 radical (unpaired) electrons. The molecule has 0 aliphatic carbocycles. The van der Waals surface area contributed by atoms with Gasteiger partial charge in [0.15, 0.2) is 0 Å². The van der Waals surface area contributed by atoms with Gasteiger partial charge in [0, 0.05) is 5.41 Å². The second kappa shape index (κ2) is 11.2. The van der Waals surface area contributed by atoms with E-state index in [2.05, 4.69) is 32.9 Å². The normalized spacial score (nSPS) is 13.7. The van der Waals surface area contributed by atoms with Gasteiger partial charge in [-0.05, 0) is 41.8 Å². The van der Waals surface area contributed by atoms with Gasteiger partial charge < -0.3 is 24.8 Å². The maximum Gasteiger partial charge on any atom is 0.119 e. The first-order valence-electron chi connectivity index (χ1n) is 10.3. The van der Waals surface area contributed by atoms with Gasteiger partial charge in [0.2, 0.25) is 0 Å². The molecule has 0 aromatic heterocycles. The summed E-state index contributed by atoms with van der Waals surface area (Å²) < 4.78 is 11.2. The van der Waals surface area contributed by atoms with Gasteiger partial charge in [-0.15, -0.1) is 0 Å². The van der Waals surface area contributed by atoms with E-state index in [1.165, 1.54) is 0 Å². The third kappa shape index (κ3) is 7.03. The lowest BCUT2D eigenvalue weighted by Crippen LogP contribution is -2.21. The molecule has 2 aromatic carbocycles. The fraction of sp³-hybridized carbons (Fsp3) is 0.500. The van der Waals surface area contributed by atoms with E-state index < -0.39 is 12.2 Å². The minimum atomic E-state index is -0.875. The molecule has 3 N–H and O–H groups in total. The zero-order chi connectivity index (χ0) is 21.3. The van der Waals surface area contributed by atoms with Crippen LogP contribution in [0.25, 0.3) is 0 Å². The Morgan fingerprint density at radius 1 is 0.793 bits per heavy atom. The summed E-state index contributed by atoms with van der Waals surface area (Å²) >= 11 is 0. The summed E-state index contributed by atoms with van der Waals surface area (Å²) in [7, 11) is 0. The van der Waals surface area contributed by atoms with Crippen molar-refractivity contribution in [3.63, 3.8) is 0 Å². The average molecular weight is 403 g/mol. The number of unbranched alkanes of at least 4 members (excludes halogenated alkanes) is 1. The third-order valence-corrected chi connectivity index (χ3v) is 5.14. The fourth-order valence-corrected chi connectivity index (χ4v) is 3.06. The lowest BCUT2D eigenvalue weighted by Gasteiger charge is -2.26. The van der Waals surface area contributed by atoms with Crippen molar-refractivity contribution in [2.45, 2.75) is 57.7 Å². The Labute approximate surface area is 173 Å². The highest BCUT2D eigenvalue weighted by Crippen LogP contribution is 2.33. The molecule has 2 unspecified atom stereocenters. The van der Waals surface area contributed by atoms with E-state index in [0.29, 0.717) is 12.4 Å². The molecule has 2 atom stereocenters. The van der Waals surface area contributed by atoms with E-state index in [1.807, 2.05) is 36.4 Å². The number of hydrogen-bond donors (Lipinski definition) is 3. The predicted octanol–water partition coefficient (Wildman–Crippen LogP) is 3.67. The molecule has 2 aromatic rings. The summed E-state index contributed by atoms with van der Waals surface area (Å²) in [5, 5.41) is 28.2. The zero-order valence-corrected chi connectivity index (χ0v) is 17.7. The molecule has 5 heteroatoms. The number of aliphatic hydroxyl groups excluding tert-OH is 3. The van der Waals surface area contributed by atoms with Crippen molar-refractivity contribution in [2.24, 2.45) is 0 Å². The highest BCUT2D eigenvalue weighted by Gasteiger charge is 2.23. The van der Waals surface area contributed by atoms with Crippen LogP contribution >= 0.6 is 0 Å². The maximum atomic E-state index is 9.92. The van der Waals surface area contributed by atoms with Crippen molar-refractivity contribution in [1.29, 1.82) is 0 Å². The molecule has 0 saturated carbocycles. The first-order chi connectivity index (χ1) is 13.9. The Balaban J connectivity index is 1.97. The van der Waals surface area contributed by atoms with Crippen molar-refractivity contribution in [3.05, 3.63) is 59.7 Å². The van der Waals surface area contributed by atoms with Gasteiger partial charge >= 0.3 is 0 Å². The monoisotopic (exact) mass is 402 g/mol. The lowest BCUT2D eigenvalue weighted by molar-refractivity contribution is 0.0536. The second-order valence-electron chi connectivity index (χ2n) is 7.93. The molecular formula is C24H34O5. The largest absolute Gasteiger partial charge is 0.491 e. The van der Waals surface area contributed by atoms with E-state index in [0.717, 1.165) is 36.1 Å². The summed E-state index contributed by atoms with van der Waals surface area (Å²) in [5.41, 5.74) is 2.08. The van der Waals surface area contributed by atoms with Crippen LogP contribution in [0.3, 0.4) is 0 Å². The van der Waals surface area contributed by atoms with E-state index in [-0.39, 0.29) is 18.6 Å². The van der Waals surface area contributed by atoms with Gasteiger partial charge in [-0.2, -0.15) is 0 Å². The van der Waals surface area contributed by atoms with E-state index in [4.69, 9.17) is 14.6 Å². The van der Waals surface area contributed by atoms with Gasteiger partial charge in [-0.1, -0.05) is 57.9 Å².